The molecule has 2 N–H and O–H groups in total. The van der Waals surface area contributed by atoms with Gasteiger partial charge >= 0.3 is 0 Å². The van der Waals surface area contributed by atoms with E-state index in [4.69, 9.17) is 10.2 Å². The van der Waals surface area contributed by atoms with Gasteiger partial charge in [0.2, 0.25) is 0 Å². The van der Waals surface area contributed by atoms with Crippen molar-refractivity contribution in [2.45, 2.75) is 26.7 Å². The Morgan fingerprint density at radius 3 is 2.00 bits per heavy atom. The second kappa shape index (κ2) is 5.68. The minimum Gasteiger partial charge on any atom is -0.396 e. The van der Waals surface area contributed by atoms with Gasteiger partial charge in [-0.3, -0.25) is 0 Å². The van der Waals surface area contributed by atoms with Gasteiger partial charge in [0.25, 0.3) is 0 Å². The van der Waals surface area contributed by atoms with Gasteiger partial charge in [0.05, 0.1) is 19.0 Å². The molecule has 0 spiro atoms. The number of rotatable bonds is 7. The zero-order valence-electron chi connectivity index (χ0n) is 8.86. The van der Waals surface area contributed by atoms with Gasteiger partial charge in [-0.1, -0.05) is 13.8 Å². The van der Waals surface area contributed by atoms with Crippen molar-refractivity contribution in [1.82, 2.24) is 0 Å². The second-order valence-corrected chi connectivity index (χ2v) is 6.33. The Hall–Kier alpha value is -0.130. The standard InChI is InChI=1S/C9H20O4S/c1-3-5-14(12,13)6-4-9(2,7-10)8-11/h10-11H,3-8H2,1-2H3. The van der Waals surface area contributed by atoms with Crippen LogP contribution in [-0.4, -0.2) is 43.4 Å². The van der Waals surface area contributed by atoms with Crippen molar-refractivity contribution in [3.05, 3.63) is 0 Å². The van der Waals surface area contributed by atoms with Gasteiger partial charge in [-0.25, -0.2) is 8.42 Å². The molecule has 0 heterocycles. The Kier molecular flexibility index (Phi) is 5.63. The molecule has 0 aromatic heterocycles. The number of hydrogen-bond donors (Lipinski definition) is 2. The third kappa shape index (κ3) is 4.93. The zero-order chi connectivity index (χ0) is 11.2. The summed E-state index contributed by atoms with van der Waals surface area (Å²) in [4.78, 5) is 0. The smallest absolute Gasteiger partial charge is 0.150 e. The van der Waals surface area contributed by atoms with Gasteiger partial charge < -0.3 is 10.2 Å². The summed E-state index contributed by atoms with van der Waals surface area (Å²) >= 11 is 0. The molecule has 0 unspecified atom stereocenters. The van der Waals surface area contributed by atoms with E-state index < -0.39 is 15.3 Å². The third-order valence-corrected chi connectivity index (χ3v) is 4.15. The van der Waals surface area contributed by atoms with Crippen LogP contribution in [0.5, 0.6) is 0 Å². The van der Waals surface area contributed by atoms with Gasteiger partial charge in [-0.15, -0.1) is 0 Å². The first-order valence-corrected chi connectivity index (χ1v) is 6.63. The van der Waals surface area contributed by atoms with Crippen molar-refractivity contribution in [2.75, 3.05) is 24.7 Å². The van der Waals surface area contributed by atoms with Crippen LogP contribution in [0.2, 0.25) is 0 Å². The third-order valence-electron chi connectivity index (χ3n) is 2.30. The van der Waals surface area contributed by atoms with Crippen LogP contribution < -0.4 is 0 Å². The normalized spacial score (nSPS) is 13.1. The van der Waals surface area contributed by atoms with E-state index in [0.29, 0.717) is 12.8 Å². The van der Waals surface area contributed by atoms with E-state index in [1.54, 1.807) is 6.92 Å². The van der Waals surface area contributed by atoms with E-state index in [2.05, 4.69) is 0 Å². The number of sulfone groups is 1. The van der Waals surface area contributed by atoms with Gasteiger partial charge in [-0.05, 0) is 12.8 Å². The van der Waals surface area contributed by atoms with Crippen LogP contribution >= 0.6 is 0 Å². The molecule has 0 radical (unpaired) electrons. The number of aliphatic hydroxyl groups is 2. The molecule has 0 aliphatic rings. The molecule has 86 valence electrons. The van der Waals surface area contributed by atoms with Crippen molar-refractivity contribution in [1.29, 1.82) is 0 Å². The Morgan fingerprint density at radius 2 is 1.64 bits per heavy atom. The summed E-state index contributed by atoms with van der Waals surface area (Å²) in [7, 11) is -3.01. The van der Waals surface area contributed by atoms with E-state index in [1.807, 2.05) is 6.92 Å². The highest BCUT2D eigenvalue weighted by Gasteiger charge is 2.24. The van der Waals surface area contributed by atoms with Crippen molar-refractivity contribution in [3.8, 4) is 0 Å². The first-order valence-electron chi connectivity index (χ1n) is 4.81. The van der Waals surface area contributed by atoms with E-state index in [-0.39, 0.29) is 24.7 Å². The molecule has 0 amide bonds. The summed E-state index contributed by atoms with van der Waals surface area (Å²) in [6, 6.07) is 0. The molecule has 0 aromatic carbocycles. The Balaban J connectivity index is 4.16. The summed E-state index contributed by atoms with van der Waals surface area (Å²) in [5.74, 6) is 0.221. The largest absolute Gasteiger partial charge is 0.396 e. The molecule has 0 aliphatic heterocycles. The monoisotopic (exact) mass is 224 g/mol. The molecule has 0 saturated carbocycles. The first kappa shape index (κ1) is 13.9. The van der Waals surface area contributed by atoms with Crippen molar-refractivity contribution < 1.29 is 18.6 Å². The fraction of sp³-hybridized carbons (Fsp3) is 1.00. The lowest BCUT2D eigenvalue weighted by atomic mass is 9.90. The lowest BCUT2D eigenvalue weighted by Gasteiger charge is -2.24. The van der Waals surface area contributed by atoms with Crippen molar-refractivity contribution >= 4 is 9.84 Å². The Labute approximate surface area is 85.9 Å². The molecule has 0 bridgehead atoms. The summed E-state index contributed by atoms with van der Waals surface area (Å²) in [5.41, 5.74) is -0.680. The lowest BCUT2D eigenvalue weighted by molar-refractivity contribution is 0.0677. The minimum absolute atomic E-state index is 0.0401. The lowest BCUT2D eigenvalue weighted by Crippen LogP contribution is -2.29. The average Bonchev–Trinajstić information content (AvgIpc) is 2.14. The molecule has 0 atom stereocenters. The predicted octanol–water partition coefficient (Wildman–Crippen LogP) is 0.192. The Bertz CT molecular complexity index is 242. The molecule has 14 heavy (non-hydrogen) atoms. The van der Waals surface area contributed by atoms with Crippen molar-refractivity contribution in [3.63, 3.8) is 0 Å². The molecule has 0 aliphatic carbocycles. The van der Waals surface area contributed by atoms with E-state index in [1.165, 1.54) is 0 Å². The highest BCUT2D eigenvalue weighted by atomic mass is 32.2. The fourth-order valence-corrected chi connectivity index (χ4v) is 2.65. The van der Waals surface area contributed by atoms with E-state index in [0.717, 1.165) is 0 Å². The maximum absolute atomic E-state index is 11.3. The van der Waals surface area contributed by atoms with Crippen LogP contribution in [0, 0.1) is 5.41 Å². The van der Waals surface area contributed by atoms with Gasteiger partial charge in [0.15, 0.2) is 0 Å². The summed E-state index contributed by atoms with van der Waals surface area (Å²) < 4.78 is 22.7. The molecule has 0 rings (SSSR count). The van der Waals surface area contributed by atoms with Gasteiger partial charge in [0.1, 0.15) is 9.84 Å². The maximum atomic E-state index is 11.3. The first-order chi connectivity index (χ1) is 6.39. The summed E-state index contributed by atoms with van der Waals surface area (Å²) in [5, 5.41) is 17.9. The molecular weight excluding hydrogens is 204 g/mol. The Morgan fingerprint density at radius 1 is 1.14 bits per heavy atom. The maximum Gasteiger partial charge on any atom is 0.150 e. The molecule has 0 saturated heterocycles. The van der Waals surface area contributed by atoms with Crippen molar-refractivity contribution in [2.24, 2.45) is 5.41 Å². The number of hydrogen-bond acceptors (Lipinski definition) is 4. The fourth-order valence-electron chi connectivity index (χ4n) is 1.02. The predicted molar refractivity (Wildman–Crippen MR) is 55.8 cm³/mol. The van der Waals surface area contributed by atoms with Crippen LogP contribution in [0.1, 0.15) is 26.7 Å². The highest BCUT2D eigenvalue weighted by Crippen LogP contribution is 2.20. The molecule has 5 heteroatoms. The van der Waals surface area contributed by atoms with Crippen LogP contribution in [0.4, 0.5) is 0 Å². The van der Waals surface area contributed by atoms with Crippen LogP contribution in [0.15, 0.2) is 0 Å². The summed E-state index contributed by atoms with van der Waals surface area (Å²) in [6.45, 7) is 3.11. The van der Waals surface area contributed by atoms with E-state index in [9.17, 15) is 8.42 Å². The molecular formula is C9H20O4S. The zero-order valence-corrected chi connectivity index (χ0v) is 9.68. The minimum atomic E-state index is -3.01. The molecule has 4 nitrogen and oxygen atoms in total. The summed E-state index contributed by atoms with van der Waals surface area (Å²) in [6.07, 6.45) is 0.916. The van der Waals surface area contributed by atoms with Gasteiger partial charge in [-0.2, -0.15) is 0 Å². The molecule has 0 fully saturated rings. The topological polar surface area (TPSA) is 74.6 Å². The number of aliphatic hydroxyl groups excluding tert-OH is 2. The quantitative estimate of drug-likeness (QED) is 0.647. The van der Waals surface area contributed by atoms with Crippen LogP contribution in [-0.2, 0) is 9.84 Å². The molecule has 0 aromatic rings. The average molecular weight is 224 g/mol. The SMILES string of the molecule is CCCS(=O)(=O)CCC(C)(CO)CO. The van der Waals surface area contributed by atoms with Crippen LogP contribution in [0.3, 0.4) is 0 Å². The second-order valence-electron chi connectivity index (χ2n) is 4.03. The van der Waals surface area contributed by atoms with Crippen LogP contribution in [0.25, 0.3) is 0 Å². The van der Waals surface area contributed by atoms with Gasteiger partial charge in [0, 0.05) is 11.2 Å². The van der Waals surface area contributed by atoms with E-state index >= 15 is 0 Å². The highest BCUT2D eigenvalue weighted by molar-refractivity contribution is 7.91.